The molecule has 1 aromatic heterocycles. The molecule has 0 saturated carbocycles. The third kappa shape index (κ3) is 3.38. The molecule has 0 fully saturated rings. The summed E-state index contributed by atoms with van der Waals surface area (Å²) in [7, 11) is 0. The molecule has 0 aliphatic heterocycles. The molecule has 0 bridgehead atoms. The summed E-state index contributed by atoms with van der Waals surface area (Å²) in [6, 6.07) is 29.5. The Kier molecular flexibility index (Phi) is 4.41. The summed E-state index contributed by atoms with van der Waals surface area (Å²) in [5, 5.41) is 12.4. The molecule has 0 amide bonds. The number of carbonyl (C=O) groups is 1. The number of fused-ring (bicyclic) bond motifs is 3. The highest BCUT2D eigenvalue weighted by Gasteiger charge is 2.09. The number of rotatable bonds is 4. The molecule has 0 spiro atoms. The molecule has 4 aromatic carbocycles. The lowest BCUT2D eigenvalue weighted by Gasteiger charge is -2.00. The standard InChI is InChI=1S/C27H18O3/c28-27(29)22-13-9-19(10-14-22)6-5-18-7-11-21(12-8-18)25-17-23-16-15-20-3-1-2-4-24(20)26(23)30-25/h1-17H,(H,28,29). The highest BCUT2D eigenvalue weighted by atomic mass is 16.4. The third-order valence-corrected chi connectivity index (χ3v) is 5.23. The van der Waals surface area contributed by atoms with Crippen molar-refractivity contribution in [2.75, 3.05) is 0 Å². The Morgan fingerprint density at radius 1 is 0.733 bits per heavy atom. The van der Waals surface area contributed by atoms with E-state index in [0.717, 1.165) is 38.8 Å². The van der Waals surface area contributed by atoms with Crippen LogP contribution in [-0.2, 0) is 0 Å². The number of carboxylic acid groups (broad SMARTS) is 1. The fraction of sp³-hybridized carbons (Fsp3) is 0. The van der Waals surface area contributed by atoms with Gasteiger partial charge >= 0.3 is 5.97 Å². The fourth-order valence-electron chi connectivity index (χ4n) is 3.60. The molecular formula is C27H18O3. The molecule has 1 heterocycles. The van der Waals surface area contributed by atoms with E-state index in [0.29, 0.717) is 0 Å². The largest absolute Gasteiger partial charge is 0.478 e. The number of hydrogen-bond acceptors (Lipinski definition) is 2. The molecule has 0 aliphatic rings. The number of furan rings is 1. The van der Waals surface area contributed by atoms with Gasteiger partial charge in [0.2, 0.25) is 0 Å². The van der Waals surface area contributed by atoms with Crippen LogP contribution in [0, 0.1) is 0 Å². The van der Waals surface area contributed by atoms with Crippen molar-refractivity contribution < 1.29 is 14.3 Å². The Hall–Kier alpha value is -4.11. The molecule has 5 rings (SSSR count). The third-order valence-electron chi connectivity index (χ3n) is 5.23. The summed E-state index contributed by atoms with van der Waals surface area (Å²) in [6.45, 7) is 0. The fourth-order valence-corrected chi connectivity index (χ4v) is 3.60. The Balaban J connectivity index is 1.40. The maximum absolute atomic E-state index is 10.9. The van der Waals surface area contributed by atoms with Gasteiger partial charge in [0.25, 0.3) is 0 Å². The Bertz CT molecular complexity index is 1390. The molecule has 3 heteroatoms. The van der Waals surface area contributed by atoms with Gasteiger partial charge in [0, 0.05) is 16.3 Å². The molecule has 0 radical (unpaired) electrons. The van der Waals surface area contributed by atoms with Crippen molar-refractivity contribution in [2.24, 2.45) is 0 Å². The van der Waals surface area contributed by atoms with Gasteiger partial charge in [-0.3, -0.25) is 0 Å². The van der Waals surface area contributed by atoms with Gasteiger partial charge in [-0.1, -0.05) is 84.9 Å². The first-order chi connectivity index (χ1) is 14.7. The lowest BCUT2D eigenvalue weighted by molar-refractivity contribution is 0.0697. The van der Waals surface area contributed by atoms with Gasteiger partial charge < -0.3 is 9.52 Å². The van der Waals surface area contributed by atoms with Crippen LogP contribution in [-0.4, -0.2) is 11.1 Å². The van der Waals surface area contributed by atoms with Crippen molar-refractivity contribution >= 4 is 39.9 Å². The van der Waals surface area contributed by atoms with Crippen molar-refractivity contribution in [1.82, 2.24) is 0 Å². The molecule has 0 unspecified atom stereocenters. The second kappa shape index (κ2) is 7.37. The molecular weight excluding hydrogens is 372 g/mol. The Morgan fingerprint density at radius 3 is 2.07 bits per heavy atom. The monoisotopic (exact) mass is 390 g/mol. The summed E-state index contributed by atoms with van der Waals surface area (Å²) in [5.41, 5.74) is 4.24. The van der Waals surface area contributed by atoms with Gasteiger partial charge in [-0.05, 0) is 34.7 Å². The first kappa shape index (κ1) is 18.0. The van der Waals surface area contributed by atoms with Crippen LogP contribution in [0.4, 0.5) is 0 Å². The summed E-state index contributed by atoms with van der Waals surface area (Å²) >= 11 is 0. The molecule has 30 heavy (non-hydrogen) atoms. The molecule has 3 nitrogen and oxygen atoms in total. The number of carboxylic acids is 1. The van der Waals surface area contributed by atoms with E-state index < -0.39 is 5.97 Å². The quantitative estimate of drug-likeness (QED) is 0.332. The predicted octanol–water partition coefficient (Wildman–Crippen LogP) is 7.12. The molecule has 0 aliphatic carbocycles. The normalized spacial score (nSPS) is 11.5. The molecule has 1 N–H and O–H groups in total. The van der Waals surface area contributed by atoms with Crippen molar-refractivity contribution in [3.05, 3.63) is 108 Å². The van der Waals surface area contributed by atoms with E-state index in [1.165, 1.54) is 5.39 Å². The van der Waals surface area contributed by atoms with Crippen LogP contribution < -0.4 is 0 Å². The van der Waals surface area contributed by atoms with E-state index in [9.17, 15) is 4.79 Å². The maximum atomic E-state index is 10.9. The summed E-state index contributed by atoms with van der Waals surface area (Å²) in [4.78, 5) is 10.9. The first-order valence-corrected chi connectivity index (χ1v) is 9.70. The Morgan fingerprint density at radius 2 is 1.37 bits per heavy atom. The number of hydrogen-bond donors (Lipinski definition) is 1. The van der Waals surface area contributed by atoms with E-state index in [1.54, 1.807) is 24.3 Å². The van der Waals surface area contributed by atoms with Crippen molar-refractivity contribution in [2.45, 2.75) is 0 Å². The van der Waals surface area contributed by atoms with Crippen LogP contribution in [0.5, 0.6) is 0 Å². The van der Waals surface area contributed by atoms with E-state index in [2.05, 4.69) is 30.3 Å². The average Bonchev–Trinajstić information content (AvgIpc) is 3.23. The second-order valence-corrected chi connectivity index (χ2v) is 7.20. The molecule has 144 valence electrons. The van der Waals surface area contributed by atoms with Crippen molar-refractivity contribution in [3.8, 4) is 11.3 Å². The first-order valence-electron chi connectivity index (χ1n) is 9.70. The summed E-state index contributed by atoms with van der Waals surface area (Å²) in [5.74, 6) is -0.0687. The second-order valence-electron chi connectivity index (χ2n) is 7.20. The van der Waals surface area contributed by atoms with Crippen LogP contribution in [0.2, 0.25) is 0 Å². The summed E-state index contributed by atoms with van der Waals surface area (Å²) < 4.78 is 6.20. The maximum Gasteiger partial charge on any atom is 0.335 e. The highest BCUT2D eigenvalue weighted by molar-refractivity contribution is 6.05. The van der Waals surface area contributed by atoms with E-state index >= 15 is 0 Å². The minimum Gasteiger partial charge on any atom is -0.478 e. The van der Waals surface area contributed by atoms with Gasteiger partial charge in [0.15, 0.2) is 0 Å². The van der Waals surface area contributed by atoms with Gasteiger partial charge in [0.05, 0.1) is 5.56 Å². The zero-order chi connectivity index (χ0) is 20.5. The van der Waals surface area contributed by atoms with E-state index in [-0.39, 0.29) is 5.56 Å². The van der Waals surface area contributed by atoms with Crippen molar-refractivity contribution in [3.63, 3.8) is 0 Å². The molecule has 5 aromatic rings. The zero-order valence-electron chi connectivity index (χ0n) is 16.1. The van der Waals surface area contributed by atoms with Gasteiger partial charge in [0.1, 0.15) is 11.3 Å². The average molecular weight is 390 g/mol. The topological polar surface area (TPSA) is 50.4 Å². The van der Waals surface area contributed by atoms with Gasteiger partial charge in [-0.25, -0.2) is 4.79 Å². The number of benzene rings is 4. The van der Waals surface area contributed by atoms with Crippen molar-refractivity contribution in [1.29, 1.82) is 0 Å². The summed E-state index contributed by atoms with van der Waals surface area (Å²) in [6.07, 6.45) is 3.97. The van der Waals surface area contributed by atoms with Crippen LogP contribution >= 0.6 is 0 Å². The SMILES string of the molecule is O=C(O)c1ccc(C=Cc2ccc(-c3cc4ccc5ccccc5c4o3)cc2)cc1. The lowest BCUT2D eigenvalue weighted by Crippen LogP contribution is -1.94. The smallest absolute Gasteiger partial charge is 0.335 e. The van der Waals surface area contributed by atoms with E-state index in [1.807, 2.05) is 48.6 Å². The molecule has 0 saturated heterocycles. The van der Waals surface area contributed by atoms with Crippen LogP contribution in [0.1, 0.15) is 21.5 Å². The lowest BCUT2D eigenvalue weighted by atomic mass is 10.1. The highest BCUT2D eigenvalue weighted by Crippen LogP contribution is 2.32. The minimum absolute atomic E-state index is 0.287. The number of aromatic carboxylic acids is 1. The van der Waals surface area contributed by atoms with Crippen LogP contribution in [0.15, 0.2) is 95.4 Å². The zero-order valence-corrected chi connectivity index (χ0v) is 16.1. The van der Waals surface area contributed by atoms with E-state index in [4.69, 9.17) is 9.52 Å². The van der Waals surface area contributed by atoms with Gasteiger partial charge in [-0.2, -0.15) is 0 Å². The van der Waals surface area contributed by atoms with Crippen LogP contribution in [0.3, 0.4) is 0 Å². The van der Waals surface area contributed by atoms with Crippen LogP contribution in [0.25, 0.3) is 45.2 Å². The van der Waals surface area contributed by atoms with Gasteiger partial charge in [-0.15, -0.1) is 0 Å². The minimum atomic E-state index is -0.917. The Labute approximate surface area is 173 Å². The predicted molar refractivity (Wildman–Crippen MR) is 121 cm³/mol. The molecule has 0 atom stereocenters.